The van der Waals surface area contributed by atoms with Gasteiger partial charge >= 0.3 is 0 Å². The lowest BCUT2D eigenvalue weighted by atomic mass is 9.76. The zero-order chi connectivity index (χ0) is 13.1. The first-order chi connectivity index (χ1) is 9.33. The van der Waals surface area contributed by atoms with E-state index in [9.17, 15) is 4.79 Å². The Bertz CT molecular complexity index is 311. The molecule has 0 bridgehead atoms. The van der Waals surface area contributed by atoms with Crippen LogP contribution in [0, 0.1) is 5.92 Å². The number of ether oxygens (including phenoxy) is 1. The maximum atomic E-state index is 13.1. The Labute approximate surface area is 116 Å². The van der Waals surface area contributed by atoms with Gasteiger partial charge in [-0.25, -0.2) is 0 Å². The molecule has 0 amide bonds. The van der Waals surface area contributed by atoms with Gasteiger partial charge in [0.25, 0.3) is 0 Å². The first kappa shape index (κ1) is 13.6. The lowest BCUT2D eigenvalue weighted by Gasteiger charge is -2.44. The van der Waals surface area contributed by atoms with Crippen LogP contribution >= 0.6 is 0 Å². The number of carbonyl (C=O) groups is 1. The highest BCUT2D eigenvalue weighted by atomic mass is 16.5. The zero-order valence-electron chi connectivity index (χ0n) is 12.0. The van der Waals surface area contributed by atoms with Crippen LogP contribution < -0.4 is 0 Å². The third-order valence-corrected chi connectivity index (χ3v) is 5.48. The van der Waals surface area contributed by atoms with E-state index in [0.29, 0.717) is 11.7 Å². The molecule has 1 aliphatic heterocycles. The highest BCUT2D eigenvalue weighted by molar-refractivity contribution is 5.91. The summed E-state index contributed by atoms with van der Waals surface area (Å²) in [5.41, 5.74) is -0.105. The van der Waals surface area contributed by atoms with Gasteiger partial charge in [0, 0.05) is 19.0 Å². The SMILES string of the molecule is O=C(C1CCCCC1)C1(N2CCOCC2)CCCC1. The van der Waals surface area contributed by atoms with Crippen molar-refractivity contribution >= 4 is 5.78 Å². The lowest BCUT2D eigenvalue weighted by molar-refractivity contribution is -0.139. The van der Waals surface area contributed by atoms with Crippen LogP contribution in [0.1, 0.15) is 57.8 Å². The molecular formula is C16H27NO2. The normalized spacial score (nSPS) is 29.5. The van der Waals surface area contributed by atoms with Crippen molar-refractivity contribution in [2.24, 2.45) is 5.92 Å². The number of Topliss-reactive ketones (excluding diaryl/α,β-unsaturated/α-hetero) is 1. The van der Waals surface area contributed by atoms with E-state index in [-0.39, 0.29) is 5.54 Å². The third-order valence-electron chi connectivity index (χ3n) is 5.48. The predicted molar refractivity (Wildman–Crippen MR) is 75.2 cm³/mol. The predicted octanol–water partition coefficient (Wildman–Crippen LogP) is 2.78. The molecule has 0 aromatic carbocycles. The van der Waals surface area contributed by atoms with Crippen molar-refractivity contribution < 1.29 is 9.53 Å². The Hall–Kier alpha value is -0.410. The molecule has 108 valence electrons. The summed E-state index contributed by atoms with van der Waals surface area (Å²) in [7, 11) is 0. The number of rotatable bonds is 3. The largest absolute Gasteiger partial charge is 0.379 e. The molecule has 0 aromatic rings. The van der Waals surface area contributed by atoms with Crippen molar-refractivity contribution in [3.8, 4) is 0 Å². The van der Waals surface area contributed by atoms with Gasteiger partial charge in [-0.2, -0.15) is 0 Å². The van der Waals surface area contributed by atoms with E-state index in [2.05, 4.69) is 4.90 Å². The number of morpholine rings is 1. The summed E-state index contributed by atoms with van der Waals surface area (Å²) in [6.45, 7) is 3.52. The molecule has 19 heavy (non-hydrogen) atoms. The molecule has 2 saturated carbocycles. The highest BCUT2D eigenvalue weighted by Crippen LogP contribution is 2.41. The van der Waals surface area contributed by atoms with E-state index in [1.807, 2.05) is 0 Å². The average Bonchev–Trinajstić information content (AvgIpc) is 2.99. The van der Waals surface area contributed by atoms with Gasteiger partial charge in [-0.3, -0.25) is 9.69 Å². The molecule has 1 saturated heterocycles. The van der Waals surface area contributed by atoms with Gasteiger partial charge in [0.1, 0.15) is 0 Å². The molecule has 0 N–H and O–H groups in total. The summed E-state index contributed by atoms with van der Waals surface area (Å²) in [5.74, 6) is 0.946. The van der Waals surface area contributed by atoms with Crippen LogP contribution in [0.15, 0.2) is 0 Å². The van der Waals surface area contributed by atoms with Gasteiger partial charge in [0.05, 0.1) is 18.8 Å². The Morgan fingerprint density at radius 1 is 0.947 bits per heavy atom. The van der Waals surface area contributed by atoms with Crippen LogP contribution in [0.2, 0.25) is 0 Å². The summed E-state index contributed by atoms with van der Waals surface area (Å²) in [5, 5.41) is 0. The fourth-order valence-electron chi connectivity index (χ4n) is 4.41. The summed E-state index contributed by atoms with van der Waals surface area (Å²) in [6, 6.07) is 0. The second-order valence-electron chi connectivity index (χ2n) is 6.54. The summed E-state index contributed by atoms with van der Waals surface area (Å²) in [6.07, 6.45) is 10.8. The Balaban J connectivity index is 1.76. The molecule has 0 spiro atoms. The first-order valence-corrected chi connectivity index (χ1v) is 8.20. The molecule has 0 unspecified atom stereocenters. The van der Waals surface area contributed by atoms with Crippen LogP contribution in [0.25, 0.3) is 0 Å². The van der Waals surface area contributed by atoms with E-state index in [1.165, 1.54) is 32.1 Å². The van der Waals surface area contributed by atoms with E-state index < -0.39 is 0 Å². The van der Waals surface area contributed by atoms with Crippen molar-refractivity contribution in [1.29, 1.82) is 0 Å². The molecule has 0 radical (unpaired) electrons. The topological polar surface area (TPSA) is 29.5 Å². The molecule has 2 aliphatic carbocycles. The number of carbonyl (C=O) groups excluding carboxylic acids is 1. The summed E-state index contributed by atoms with van der Waals surface area (Å²) < 4.78 is 5.48. The fourth-order valence-corrected chi connectivity index (χ4v) is 4.41. The van der Waals surface area contributed by atoms with E-state index in [4.69, 9.17) is 4.74 Å². The second-order valence-corrected chi connectivity index (χ2v) is 6.54. The number of hydrogen-bond donors (Lipinski definition) is 0. The molecular weight excluding hydrogens is 238 g/mol. The Kier molecular flexibility index (Phi) is 4.23. The standard InChI is InChI=1S/C16H27NO2/c18-15(14-6-2-1-3-7-14)16(8-4-5-9-16)17-10-12-19-13-11-17/h14H,1-13H2. The Morgan fingerprint density at radius 2 is 1.58 bits per heavy atom. The van der Waals surface area contributed by atoms with Crippen molar-refractivity contribution in [1.82, 2.24) is 4.90 Å². The molecule has 3 aliphatic rings. The van der Waals surface area contributed by atoms with Crippen LogP contribution in [-0.4, -0.2) is 42.5 Å². The monoisotopic (exact) mass is 265 g/mol. The second kappa shape index (κ2) is 5.92. The van der Waals surface area contributed by atoms with Gasteiger partial charge in [0.2, 0.25) is 0 Å². The molecule has 3 rings (SSSR count). The van der Waals surface area contributed by atoms with Gasteiger partial charge in [0.15, 0.2) is 5.78 Å². The summed E-state index contributed by atoms with van der Waals surface area (Å²) >= 11 is 0. The van der Waals surface area contributed by atoms with Crippen molar-refractivity contribution in [3.63, 3.8) is 0 Å². The van der Waals surface area contributed by atoms with Crippen molar-refractivity contribution in [2.75, 3.05) is 26.3 Å². The van der Waals surface area contributed by atoms with Gasteiger partial charge < -0.3 is 4.74 Å². The third kappa shape index (κ3) is 2.59. The molecule has 3 nitrogen and oxygen atoms in total. The minimum Gasteiger partial charge on any atom is -0.379 e. The minimum absolute atomic E-state index is 0.105. The van der Waals surface area contributed by atoms with Gasteiger partial charge in [-0.05, 0) is 25.7 Å². The van der Waals surface area contributed by atoms with Crippen LogP contribution in [-0.2, 0) is 9.53 Å². The number of hydrogen-bond acceptors (Lipinski definition) is 3. The first-order valence-electron chi connectivity index (χ1n) is 8.20. The molecule has 1 heterocycles. The molecule has 3 heteroatoms. The number of nitrogens with zero attached hydrogens (tertiary/aromatic N) is 1. The van der Waals surface area contributed by atoms with E-state index in [1.54, 1.807) is 0 Å². The smallest absolute Gasteiger partial charge is 0.156 e. The summed E-state index contributed by atoms with van der Waals surface area (Å²) in [4.78, 5) is 15.6. The van der Waals surface area contributed by atoms with E-state index in [0.717, 1.165) is 52.0 Å². The van der Waals surface area contributed by atoms with Crippen LogP contribution in [0.5, 0.6) is 0 Å². The van der Waals surface area contributed by atoms with E-state index >= 15 is 0 Å². The minimum atomic E-state index is -0.105. The maximum Gasteiger partial charge on any atom is 0.156 e. The van der Waals surface area contributed by atoms with Crippen molar-refractivity contribution in [3.05, 3.63) is 0 Å². The Morgan fingerprint density at radius 3 is 2.21 bits per heavy atom. The average molecular weight is 265 g/mol. The zero-order valence-corrected chi connectivity index (χ0v) is 12.0. The van der Waals surface area contributed by atoms with Crippen LogP contribution in [0.4, 0.5) is 0 Å². The van der Waals surface area contributed by atoms with Crippen molar-refractivity contribution in [2.45, 2.75) is 63.3 Å². The molecule has 0 aromatic heterocycles. The quantitative estimate of drug-likeness (QED) is 0.786. The van der Waals surface area contributed by atoms with Gasteiger partial charge in [-0.15, -0.1) is 0 Å². The molecule has 0 atom stereocenters. The lowest BCUT2D eigenvalue weighted by Crippen LogP contribution is -2.58. The highest BCUT2D eigenvalue weighted by Gasteiger charge is 2.48. The molecule has 3 fully saturated rings. The van der Waals surface area contributed by atoms with Gasteiger partial charge in [-0.1, -0.05) is 32.1 Å². The number of ketones is 1. The van der Waals surface area contributed by atoms with Crippen LogP contribution in [0.3, 0.4) is 0 Å². The fraction of sp³-hybridized carbons (Fsp3) is 0.938. The maximum absolute atomic E-state index is 13.1.